The van der Waals surface area contributed by atoms with E-state index in [1.165, 1.54) is 32.1 Å². The number of para-hydroxylation sites is 1. The topological polar surface area (TPSA) is 44.8 Å². The minimum absolute atomic E-state index is 0.116. The molecule has 2 aliphatic rings. The smallest absolute Gasteiger partial charge is 0.221 e. The van der Waals surface area contributed by atoms with Gasteiger partial charge in [-0.2, -0.15) is 0 Å². The van der Waals surface area contributed by atoms with Crippen LogP contribution in [0.5, 0.6) is 5.75 Å². The average molecular weight is 360 g/mol. The van der Waals surface area contributed by atoms with Gasteiger partial charge in [0.05, 0.1) is 7.11 Å². The number of nitrogens with zero attached hydrogens (tertiary/aromatic N) is 2. The van der Waals surface area contributed by atoms with Crippen LogP contribution in [0.1, 0.15) is 44.1 Å². The number of carbonyl (C=O) groups is 1. The molecule has 0 radical (unpaired) electrons. The van der Waals surface area contributed by atoms with E-state index in [0.29, 0.717) is 13.0 Å². The summed E-state index contributed by atoms with van der Waals surface area (Å²) in [5, 5.41) is 3.02. The van der Waals surface area contributed by atoms with Gasteiger partial charge in [-0.3, -0.25) is 9.69 Å². The fourth-order valence-corrected chi connectivity index (χ4v) is 4.19. The highest BCUT2D eigenvalue weighted by Crippen LogP contribution is 2.23. The first kappa shape index (κ1) is 19.2. The number of hydrogen-bond donors (Lipinski definition) is 1. The lowest BCUT2D eigenvalue weighted by Gasteiger charge is -2.40. The lowest BCUT2D eigenvalue weighted by molar-refractivity contribution is -0.121. The number of ether oxygens (including phenoxy) is 1. The van der Waals surface area contributed by atoms with Crippen LogP contribution in [0, 0.1) is 0 Å². The van der Waals surface area contributed by atoms with Gasteiger partial charge in [-0.15, -0.1) is 0 Å². The maximum atomic E-state index is 12.2. The summed E-state index contributed by atoms with van der Waals surface area (Å²) in [6, 6.07) is 8.64. The number of benzene rings is 1. The van der Waals surface area contributed by atoms with Gasteiger partial charge in [0.25, 0.3) is 0 Å². The van der Waals surface area contributed by atoms with Crippen molar-refractivity contribution in [2.75, 3.05) is 39.8 Å². The molecule has 0 atom stereocenters. The van der Waals surface area contributed by atoms with Crippen LogP contribution in [0.4, 0.5) is 0 Å². The first-order valence-electron chi connectivity index (χ1n) is 10.1. The van der Waals surface area contributed by atoms with Gasteiger partial charge in [-0.05, 0) is 18.9 Å². The van der Waals surface area contributed by atoms with Crippen molar-refractivity contribution >= 4 is 5.91 Å². The molecule has 0 unspecified atom stereocenters. The summed E-state index contributed by atoms with van der Waals surface area (Å²) in [7, 11) is 1.66. The van der Waals surface area contributed by atoms with E-state index < -0.39 is 0 Å². The number of amides is 1. The van der Waals surface area contributed by atoms with E-state index in [4.69, 9.17) is 4.74 Å². The molecule has 1 saturated heterocycles. The number of rotatable bonds is 7. The molecule has 1 amide bonds. The number of carbonyl (C=O) groups excluding carboxylic acids is 1. The summed E-state index contributed by atoms with van der Waals surface area (Å²) in [5.74, 6) is 0.942. The van der Waals surface area contributed by atoms with E-state index in [-0.39, 0.29) is 5.91 Å². The molecular weight excluding hydrogens is 326 g/mol. The van der Waals surface area contributed by atoms with E-state index in [9.17, 15) is 4.79 Å². The minimum atomic E-state index is 0.116. The van der Waals surface area contributed by atoms with Gasteiger partial charge in [0, 0.05) is 57.3 Å². The molecule has 1 aromatic rings. The molecule has 144 valence electrons. The third kappa shape index (κ3) is 5.45. The summed E-state index contributed by atoms with van der Waals surface area (Å²) >= 11 is 0. The molecule has 5 nitrogen and oxygen atoms in total. The van der Waals surface area contributed by atoms with Crippen molar-refractivity contribution in [3.63, 3.8) is 0 Å². The average Bonchev–Trinajstić information content (AvgIpc) is 2.72. The van der Waals surface area contributed by atoms with Gasteiger partial charge >= 0.3 is 0 Å². The third-order valence-corrected chi connectivity index (χ3v) is 5.82. The first-order valence-corrected chi connectivity index (χ1v) is 10.1. The van der Waals surface area contributed by atoms with E-state index in [1.54, 1.807) is 7.11 Å². The Balaban J connectivity index is 1.33. The van der Waals surface area contributed by atoms with Crippen LogP contribution in [0.25, 0.3) is 0 Å². The van der Waals surface area contributed by atoms with Gasteiger partial charge < -0.3 is 15.0 Å². The zero-order valence-electron chi connectivity index (χ0n) is 16.1. The number of piperazine rings is 1. The molecule has 0 bridgehead atoms. The fraction of sp³-hybridized carbons (Fsp3) is 0.667. The Morgan fingerprint density at radius 2 is 1.85 bits per heavy atom. The Morgan fingerprint density at radius 1 is 1.12 bits per heavy atom. The lowest BCUT2D eigenvalue weighted by Crippen LogP contribution is -2.51. The van der Waals surface area contributed by atoms with Crippen molar-refractivity contribution in [3.8, 4) is 5.75 Å². The van der Waals surface area contributed by atoms with Crippen LogP contribution in [0.2, 0.25) is 0 Å². The highest BCUT2D eigenvalue weighted by atomic mass is 16.5. The Hall–Kier alpha value is -1.59. The van der Waals surface area contributed by atoms with Crippen molar-refractivity contribution < 1.29 is 9.53 Å². The fourth-order valence-electron chi connectivity index (χ4n) is 4.19. The third-order valence-electron chi connectivity index (χ3n) is 5.82. The monoisotopic (exact) mass is 359 g/mol. The van der Waals surface area contributed by atoms with Crippen LogP contribution in [0.15, 0.2) is 24.3 Å². The Morgan fingerprint density at radius 3 is 2.58 bits per heavy atom. The molecule has 1 aliphatic carbocycles. The summed E-state index contributed by atoms with van der Waals surface area (Å²) < 4.78 is 5.33. The zero-order valence-corrected chi connectivity index (χ0v) is 16.1. The van der Waals surface area contributed by atoms with Gasteiger partial charge in [0.1, 0.15) is 5.75 Å². The van der Waals surface area contributed by atoms with E-state index >= 15 is 0 Å². The standard InChI is InChI=1S/C21H33N3O2/c1-26-20-10-6-5-7-18(20)17-22-21(25)11-12-23-13-15-24(16-14-23)19-8-3-2-4-9-19/h5-7,10,19H,2-4,8-9,11-17H2,1H3,(H,22,25). The molecule has 1 saturated carbocycles. The largest absolute Gasteiger partial charge is 0.496 e. The molecule has 1 N–H and O–H groups in total. The molecule has 2 fully saturated rings. The summed E-state index contributed by atoms with van der Waals surface area (Å²) in [6.07, 6.45) is 7.55. The van der Waals surface area contributed by atoms with Crippen LogP contribution >= 0.6 is 0 Å². The molecule has 5 heteroatoms. The van der Waals surface area contributed by atoms with E-state index in [1.807, 2.05) is 24.3 Å². The predicted octanol–water partition coefficient (Wildman–Crippen LogP) is 2.65. The van der Waals surface area contributed by atoms with Crippen molar-refractivity contribution in [2.45, 2.75) is 51.1 Å². The molecular formula is C21H33N3O2. The lowest BCUT2D eigenvalue weighted by atomic mass is 9.94. The van der Waals surface area contributed by atoms with Gasteiger partial charge in [0.15, 0.2) is 0 Å². The van der Waals surface area contributed by atoms with Crippen LogP contribution in [-0.4, -0.2) is 61.6 Å². The predicted molar refractivity (Wildman–Crippen MR) is 104 cm³/mol. The molecule has 3 rings (SSSR count). The van der Waals surface area contributed by atoms with Crippen molar-refractivity contribution in [1.29, 1.82) is 0 Å². The summed E-state index contributed by atoms with van der Waals surface area (Å²) in [5.41, 5.74) is 1.02. The second-order valence-electron chi connectivity index (χ2n) is 7.51. The van der Waals surface area contributed by atoms with Gasteiger partial charge in [0.2, 0.25) is 5.91 Å². The normalized spacial score (nSPS) is 20.0. The molecule has 1 aromatic carbocycles. The van der Waals surface area contributed by atoms with Gasteiger partial charge in [-0.1, -0.05) is 37.5 Å². The van der Waals surface area contributed by atoms with E-state index in [0.717, 1.165) is 50.1 Å². The maximum absolute atomic E-state index is 12.2. The number of hydrogen-bond acceptors (Lipinski definition) is 4. The van der Waals surface area contributed by atoms with Gasteiger partial charge in [-0.25, -0.2) is 0 Å². The Kier molecular flexibility index (Phi) is 7.32. The Bertz CT molecular complexity index is 564. The number of nitrogens with one attached hydrogen (secondary N) is 1. The highest BCUT2D eigenvalue weighted by Gasteiger charge is 2.25. The molecule has 0 spiro atoms. The second-order valence-corrected chi connectivity index (χ2v) is 7.51. The SMILES string of the molecule is COc1ccccc1CNC(=O)CCN1CCN(C2CCCCC2)CC1. The highest BCUT2D eigenvalue weighted by molar-refractivity contribution is 5.76. The zero-order chi connectivity index (χ0) is 18.2. The maximum Gasteiger partial charge on any atom is 0.221 e. The van der Waals surface area contributed by atoms with Crippen molar-refractivity contribution in [2.24, 2.45) is 0 Å². The van der Waals surface area contributed by atoms with Crippen molar-refractivity contribution in [1.82, 2.24) is 15.1 Å². The molecule has 0 aromatic heterocycles. The van der Waals surface area contributed by atoms with Crippen molar-refractivity contribution in [3.05, 3.63) is 29.8 Å². The van der Waals surface area contributed by atoms with Crippen LogP contribution < -0.4 is 10.1 Å². The second kappa shape index (κ2) is 9.93. The number of methoxy groups -OCH3 is 1. The van der Waals surface area contributed by atoms with Crippen LogP contribution in [0.3, 0.4) is 0 Å². The first-order chi connectivity index (χ1) is 12.8. The van der Waals surface area contributed by atoms with E-state index in [2.05, 4.69) is 15.1 Å². The molecule has 1 heterocycles. The summed E-state index contributed by atoms with van der Waals surface area (Å²) in [4.78, 5) is 17.3. The summed E-state index contributed by atoms with van der Waals surface area (Å²) in [6.45, 7) is 5.89. The quantitative estimate of drug-likeness (QED) is 0.813. The minimum Gasteiger partial charge on any atom is -0.496 e. The Labute approximate surface area is 157 Å². The molecule has 1 aliphatic heterocycles. The van der Waals surface area contributed by atoms with Crippen LogP contribution in [-0.2, 0) is 11.3 Å². The molecule has 26 heavy (non-hydrogen) atoms.